The van der Waals surface area contributed by atoms with E-state index >= 15 is 0 Å². The second kappa shape index (κ2) is 7.43. The molecule has 3 aromatic rings. The van der Waals surface area contributed by atoms with Crippen LogP contribution >= 0.6 is 22.9 Å². The number of nitrogens with zero attached hydrogens (tertiary/aromatic N) is 3. The van der Waals surface area contributed by atoms with Crippen molar-refractivity contribution >= 4 is 39.1 Å². The molecule has 0 spiro atoms. The van der Waals surface area contributed by atoms with Crippen LogP contribution in [-0.4, -0.2) is 25.6 Å². The van der Waals surface area contributed by atoms with Gasteiger partial charge in [-0.15, -0.1) is 0 Å². The van der Waals surface area contributed by atoms with E-state index in [-0.39, 0.29) is 17.8 Å². The summed E-state index contributed by atoms with van der Waals surface area (Å²) in [7, 11) is 0. The van der Waals surface area contributed by atoms with Crippen LogP contribution < -0.4 is 9.61 Å². The zero-order valence-corrected chi connectivity index (χ0v) is 15.7. The van der Waals surface area contributed by atoms with Gasteiger partial charge >= 0.3 is 10.8 Å². The van der Waals surface area contributed by atoms with Crippen molar-refractivity contribution in [2.45, 2.75) is 32.9 Å². The van der Waals surface area contributed by atoms with Gasteiger partial charge in [-0.2, -0.15) is 0 Å². The summed E-state index contributed by atoms with van der Waals surface area (Å²) in [5.41, 5.74) is 1.55. The Kier molecular flexibility index (Phi) is 5.24. The van der Waals surface area contributed by atoms with Crippen molar-refractivity contribution in [2.24, 2.45) is 0 Å². The zero-order chi connectivity index (χ0) is 18.8. The van der Waals surface area contributed by atoms with E-state index in [4.69, 9.17) is 21.4 Å². The minimum Gasteiger partial charge on any atom is -0.481 e. The number of carboxylic acids is 1. The number of aromatic nitrogens is 3. The van der Waals surface area contributed by atoms with Gasteiger partial charge < -0.3 is 9.84 Å². The third-order valence-electron chi connectivity index (χ3n) is 3.74. The van der Waals surface area contributed by atoms with Crippen molar-refractivity contribution in [3.05, 3.63) is 50.6 Å². The Bertz CT molecular complexity index is 1010. The number of hydrogen-bond donors (Lipinski definition) is 1. The fourth-order valence-electron chi connectivity index (χ4n) is 2.43. The first-order valence-electron chi connectivity index (χ1n) is 7.85. The second-order valence-electron chi connectivity index (χ2n) is 5.79. The molecular formula is C17H16ClN3O4S. The Labute approximate surface area is 157 Å². The number of halogens is 1. The zero-order valence-electron chi connectivity index (χ0n) is 14.1. The van der Waals surface area contributed by atoms with Crippen molar-refractivity contribution in [2.75, 3.05) is 0 Å². The minimum atomic E-state index is -0.964. The van der Waals surface area contributed by atoms with Gasteiger partial charge in [-0.3, -0.25) is 14.2 Å². The van der Waals surface area contributed by atoms with E-state index in [0.717, 1.165) is 16.9 Å². The topological polar surface area (TPSA) is 94.3 Å². The third-order valence-corrected chi connectivity index (χ3v) is 4.98. The van der Waals surface area contributed by atoms with E-state index in [1.165, 1.54) is 4.57 Å². The summed E-state index contributed by atoms with van der Waals surface area (Å²) in [6.45, 7) is 3.81. The summed E-state index contributed by atoms with van der Waals surface area (Å²) in [6, 6.07) is 3.31. The molecule has 0 radical (unpaired) electrons. The number of carboxylic acid groups (broad SMARTS) is 1. The van der Waals surface area contributed by atoms with Crippen LogP contribution in [0.15, 0.2) is 29.3 Å². The molecule has 0 saturated carbocycles. The molecule has 0 fully saturated rings. The minimum absolute atomic E-state index is 0.0955. The first-order chi connectivity index (χ1) is 12.3. The molecule has 26 heavy (non-hydrogen) atoms. The van der Waals surface area contributed by atoms with Crippen LogP contribution in [0.4, 0.5) is 0 Å². The highest BCUT2D eigenvalue weighted by atomic mass is 35.5. The quantitative estimate of drug-likeness (QED) is 0.689. The number of benzene rings is 1. The summed E-state index contributed by atoms with van der Waals surface area (Å²) in [5.74, 6) is -0.0179. The fraction of sp³-hybridized carbons (Fsp3) is 0.294. The molecule has 3 rings (SSSR count). The number of aryl methyl sites for hydroxylation is 2. The Morgan fingerprint density at radius 2 is 2.08 bits per heavy atom. The van der Waals surface area contributed by atoms with Crippen LogP contribution in [0.5, 0.6) is 5.75 Å². The van der Waals surface area contributed by atoms with E-state index in [9.17, 15) is 9.59 Å². The molecule has 1 atom stereocenters. The van der Waals surface area contributed by atoms with Crippen molar-refractivity contribution in [3.63, 3.8) is 0 Å². The van der Waals surface area contributed by atoms with Crippen LogP contribution in [0.3, 0.4) is 0 Å². The smallest absolute Gasteiger partial charge is 0.308 e. The van der Waals surface area contributed by atoms with Gasteiger partial charge in [0.2, 0.25) is 0 Å². The number of carbonyl (C=O) groups is 1. The van der Waals surface area contributed by atoms with Gasteiger partial charge in [-0.05, 0) is 25.5 Å². The largest absolute Gasteiger partial charge is 0.481 e. The molecular weight excluding hydrogens is 378 g/mol. The van der Waals surface area contributed by atoms with Crippen molar-refractivity contribution < 1.29 is 14.6 Å². The summed E-state index contributed by atoms with van der Waals surface area (Å²) in [6.07, 6.45) is 2.86. The molecule has 0 aliphatic rings. The number of aliphatic carboxylic acids is 1. The summed E-state index contributed by atoms with van der Waals surface area (Å²) >= 11 is 7.33. The number of thiazole rings is 1. The maximum Gasteiger partial charge on any atom is 0.308 e. The lowest BCUT2D eigenvalue weighted by Crippen LogP contribution is -2.15. The number of rotatable bonds is 6. The Morgan fingerprint density at radius 1 is 1.38 bits per heavy atom. The van der Waals surface area contributed by atoms with Crippen molar-refractivity contribution in [3.8, 4) is 5.75 Å². The molecule has 0 bridgehead atoms. The molecule has 0 amide bonds. The SMILES string of the molecule is Cc1cnc([C@H](C)Oc2cc3sc(=O)n(CCC(=O)O)c3cc2Cl)nc1. The second-order valence-corrected chi connectivity index (χ2v) is 7.19. The Balaban J connectivity index is 1.90. The monoisotopic (exact) mass is 393 g/mol. The van der Waals surface area contributed by atoms with Crippen LogP contribution in [-0.2, 0) is 11.3 Å². The molecule has 0 unspecified atom stereocenters. The van der Waals surface area contributed by atoms with Gasteiger partial charge in [0.25, 0.3) is 0 Å². The first-order valence-corrected chi connectivity index (χ1v) is 9.04. The lowest BCUT2D eigenvalue weighted by molar-refractivity contribution is -0.137. The van der Waals surface area contributed by atoms with E-state index in [1.807, 2.05) is 13.8 Å². The molecule has 0 saturated heterocycles. The molecule has 0 aliphatic heterocycles. The first kappa shape index (κ1) is 18.3. The highest BCUT2D eigenvalue weighted by Gasteiger charge is 2.16. The van der Waals surface area contributed by atoms with E-state index < -0.39 is 12.1 Å². The van der Waals surface area contributed by atoms with E-state index in [1.54, 1.807) is 24.5 Å². The highest BCUT2D eigenvalue weighted by molar-refractivity contribution is 7.16. The van der Waals surface area contributed by atoms with Crippen LogP contribution in [0.1, 0.15) is 30.8 Å². The number of fused-ring (bicyclic) bond motifs is 1. The summed E-state index contributed by atoms with van der Waals surface area (Å²) < 4.78 is 7.96. The fourth-order valence-corrected chi connectivity index (χ4v) is 3.56. The summed E-state index contributed by atoms with van der Waals surface area (Å²) in [5, 5.41) is 9.16. The van der Waals surface area contributed by atoms with Gasteiger partial charge in [0.15, 0.2) is 11.9 Å². The lowest BCUT2D eigenvalue weighted by atomic mass is 10.3. The summed E-state index contributed by atoms with van der Waals surface area (Å²) in [4.78, 5) is 31.2. The molecule has 136 valence electrons. The van der Waals surface area contributed by atoms with Crippen molar-refractivity contribution in [1.29, 1.82) is 0 Å². The predicted molar refractivity (Wildman–Crippen MR) is 99.2 cm³/mol. The van der Waals surface area contributed by atoms with E-state index in [2.05, 4.69) is 9.97 Å². The van der Waals surface area contributed by atoms with Gasteiger partial charge in [0, 0.05) is 25.0 Å². The normalized spacial score (nSPS) is 12.3. The molecule has 0 aliphatic carbocycles. The van der Waals surface area contributed by atoms with Crippen LogP contribution in [0.2, 0.25) is 5.02 Å². The molecule has 2 aromatic heterocycles. The predicted octanol–water partition coefficient (Wildman–Crippen LogP) is 3.43. The molecule has 7 nitrogen and oxygen atoms in total. The average Bonchev–Trinajstić information content (AvgIpc) is 2.88. The van der Waals surface area contributed by atoms with Crippen molar-refractivity contribution in [1.82, 2.24) is 14.5 Å². The van der Waals surface area contributed by atoms with Gasteiger partial charge in [-0.25, -0.2) is 9.97 Å². The molecule has 9 heteroatoms. The lowest BCUT2D eigenvalue weighted by Gasteiger charge is -2.15. The van der Waals surface area contributed by atoms with Crippen LogP contribution in [0, 0.1) is 6.92 Å². The maximum atomic E-state index is 12.1. The third kappa shape index (κ3) is 3.86. The van der Waals surface area contributed by atoms with E-state index in [0.29, 0.717) is 26.8 Å². The molecule has 1 aromatic carbocycles. The van der Waals surface area contributed by atoms with Gasteiger partial charge in [0.05, 0.1) is 21.7 Å². The average molecular weight is 394 g/mol. The van der Waals surface area contributed by atoms with Gasteiger partial charge in [0.1, 0.15) is 5.75 Å². The van der Waals surface area contributed by atoms with Crippen LogP contribution in [0.25, 0.3) is 10.2 Å². The van der Waals surface area contributed by atoms with Gasteiger partial charge in [-0.1, -0.05) is 22.9 Å². The number of ether oxygens (including phenoxy) is 1. The number of hydrogen-bond acceptors (Lipinski definition) is 6. The Morgan fingerprint density at radius 3 is 2.73 bits per heavy atom. The standard InChI is InChI=1S/C17H16ClN3O4S/c1-9-7-19-16(20-8-9)10(2)25-13-6-14-12(5-11(13)18)21(17(24)26-14)4-3-15(22)23/h5-8,10H,3-4H2,1-2H3,(H,22,23)/t10-/m0/s1. The molecule has 2 heterocycles. The molecule has 1 N–H and O–H groups in total. The maximum absolute atomic E-state index is 12.1. The highest BCUT2D eigenvalue weighted by Crippen LogP contribution is 2.34. The Hall–Kier alpha value is -2.45.